The highest BCUT2D eigenvalue weighted by Gasteiger charge is 2.47. The van der Waals surface area contributed by atoms with Gasteiger partial charge >= 0.3 is 0 Å². The van der Waals surface area contributed by atoms with Gasteiger partial charge in [0.05, 0.1) is 11.7 Å². The lowest BCUT2D eigenvalue weighted by atomic mass is 9.99. The fourth-order valence-electron chi connectivity index (χ4n) is 3.60. The van der Waals surface area contributed by atoms with Gasteiger partial charge in [0.1, 0.15) is 30.1 Å². The smallest absolute Gasteiger partial charge is 0.203 e. The maximum atomic E-state index is 10.7. The van der Waals surface area contributed by atoms with E-state index in [-0.39, 0.29) is 5.49 Å². The minimum atomic E-state index is -1.32. The maximum Gasteiger partial charge on any atom is 0.203 e. The highest BCUT2D eigenvalue weighted by molar-refractivity contribution is 6.30. The lowest BCUT2D eigenvalue weighted by Gasteiger charge is -2.21. The van der Waals surface area contributed by atoms with Crippen molar-refractivity contribution >= 4 is 22.6 Å². The Kier molecular flexibility index (Phi) is 4.86. The highest BCUT2D eigenvalue weighted by Crippen LogP contribution is 2.37. The number of aromatic amines is 1. The third-order valence-corrected chi connectivity index (χ3v) is 5.25. The number of ether oxygens (including phenoxy) is 1. The Morgan fingerprint density at radius 2 is 1.96 bits per heavy atom. The summed E-state index contributed by atoms with van der Waals surface area (Å²) in [4.78, 5) is 6.90. The van der Waals surface area contributed by atoms with Gasteiger partial charge in [-0.15, -0.1) is 0 Å². The molecular weight excluding hydrogens is 388 g/mol. The van der Waals surface area contributed by atoms with Crippen molar-refractivity contribution in [3.8, 4) is 0 Å². The van der Waals surface area contributed by atoms with E-state index in [1.165, 1.54) is 6.33 Å². The van der Waals surface area contributed by atoms with Crippen LogP contribution >= 0.6 is 11.6 Å². The molecule has 2 aromatic heterocycles. The van der Waals surface area contributed by atoms with E-state index < -0.39 is 30.6 Å². The number of fused-ring (bicyclic) bond motifs is 1. The van der Waals surface area contributed by atoms with Crippen LogP contribution in [0.15, 0.2) is 41.9 Å². The Balaban J connectivity index is 1.71. The Bertz CT molecular complexity index is 1060. The second-order valence-electron chi connectivity index (χ2n) is 6.74. The topological polar surface area (TPSA) is 136 Å². The van der Waals surface area contributed by atoms with Crippen molar-refractivity contribution in [2.45, 2.75) is 37.6 Å². The van der Waals surface area contributed by atoms with E-state index in [1.54, 1.807) is 42.0 Å². The molecule has 0 spiro atoms. The first-order valence-electron chi connectivity index (χ1n) is 8.60. The van der Waals surface area contributed by atoms with Crippen LogP contribution in [0.5, 0.6) is 0 Å². The minimum absolute atomic E-state index is 0.121. The van der Waals surface area contributed by atoms with E-state index in [0.29, 0.717) is 21.6 Å². The second kappa shape index (κ2) is 7.19. The molecule has 0 saturated carbocycles. The molecule has 1 unspecified atom stereocenters. The number of aliphatic hydroxyl groups excluding tert-OH is 3. The SMILES string of the molecule is Cc1cn([C@@H]2O[C@H](C(O)c3ccc(Cl)cc3)[C@@H](O)[C@H]2O)c2[nH]cnc(=NO)c12. The van der Waals surface area contributed by atoms with E-state index in [2.05, 4.69) is 15.1 Å². The first kappa shape index (κ1) is 18.9. The molecule has 1 saturated heterocycles. The largest absolute Gasteiger partial charge is 0.409 e. The number of hydrogen-bond acceptors (Lipinski definition) is 7. The Morgan fingerprint density at radius 1 is 1.25 bits per heavy atom. The zero-order valence-corrected chi connectivity index (χ0v) is 15.5. The summed E-state index contributed by atoms with van der Waals surface area (Å²) in [7, 11) is 0. The van der Waals surface area contributed by atoms with E-state index in [0.717, 1.165) is 5.56 Å². The van der Waals surface area contributed by atoms with Crippen LogP contribution < -0.4 is 5.49 Å². The van der Waals surface area contributed by atoms with Gasteiger partial charge in [-0.3, -0.25) is 0 Å². The van der Waals surface area contributed by atoms with Crippen LogP contribution in [-0.4, -0.2) is 53.4 Å². The summed E-state index contributed by atoms with van der Waals surface area (Å²) in [5, 5.41) is 45.1. The number of aryl methyl sites for hydroxylation is 1. The van der Waals surface area contributed by atoms with Gasteiger partial charge in [-0.1, -0.05) is 28.9 Å². The molecule has 5 N–H and O–H groups in total. The number of hydrogen-bond donors (Lipinski definition) is 5. The molecule has 4 rings (SSSR count). The first-order chi connectivity index (χ1) is 13.4. The molecule has 0 radical (unpaired) electrons. The third-order valence-electron chi connectivity index (χ3n) is 5.00. The van der Waals surface area contributed by atoms with Crippen LogP contribution in [0.4, 0.5) is 0 Å². The van der Waals surface area contributed by atoms with Gasteiger partial charge in [0, 0.05) is 11.2 Å². The monoisotopic (exact) mass is 406 g/mol. The van der Waals surface area contributed by atoms with Crippen LogP contribution in [-0.2, 0) is 4.74 Å². The van der Waals surface area contributed by atoms with Crippen LogP contribution in [0.1, 0.15) is 23.5 Å². The number of rotatable bonds is 3. The summed E-state index contributed by atoms with van der Waals surface area (Å²) < 4.78 is 7.45. The molecule has 5 atom stereocenters. The molecule has 0 bridgehead atoms. The van der Waals surface area contributed by atoms with Crippen molar-refractivity contribution < 1.29 is 25.3 Å². The van der Waals surface area contributed by atoms with Crippen molar-refractivity contribution in [1.82, 2.24) is 14.5 Å². The molecular formula is C18H19ClN4O5. The lowest BCUT2D eigenvalue weighted by molar-refractivity contribution is -0.0848. The molecule has 28 heavy (non-hydrogen) atoms. The third kappa shape index (κ3) is 2.97. The van der Waals surface area contributed by atoms with Crippen molar-refractivity contribution in [3.63, 3.8) is 0 Å². The average molecular weight is 407 g/mol. The Labute approximate surface area is 164 Å². The van der Waals surface area contributed by atoms with Gasteiger partial charge < -0.3 is 34.8 Å². The zero-order chi connectivity index (χ0) is 20.0. The van der Waals surface area contributed by atoms with Gasteiger partial charge in [0.25, 0.3) is 0 Å². The molecule has 1 aliphatic heterocycles. The quantitative estimate of drug-likeness (QED) is 0.325. The molecule has 9 nitrogen and oxygen atoms in total. The van der Waals surface area contributed by atoms with Crippen molar-refractivity contribution in [2.75, 3.05) is 0 Å². The number of nitrogens with one attached hydrogen (secondary N) is 1. The maximum absolute atomic E-state index is 10.7. The average Bonchev–Trinajstić information content (AvgIpc) is 3.19. The van der Waals surface area contributed by atoms with E-state index in [1.807, 2.05) is 0 Å². The summed E-state index contributed by atoms with van der Waals surface area (Å²) in [6.07, 6.45) is -2.76. The van der Waals surface area contributed by atoms with Gasteiger partial charge in [-0.05, 0) is 30.2 Å². The first-order valence-corrected chi connectivity index (χ1v) is 8.98. The van der Waals surface area contributed by atoms with E-state index in [9.17, 15) is 15.3 Å². The number of aromatic nitrogens is 3. The van der Waals surface area contributed by atoms with Gasteiger partial charge in [-0.25, -0.2) is 4.98 Å². The summed E-state index contributed by atoms with van der Waals surface area (Å²) in [6.45, 7) is 1.79. The summed E-state index contributed by atoms with van der Waals surface area (Å²) in [5.41, 5.74) is 1.86. The summed E-state index contributed by atoms with van der Waals surface area (Å²) >= 11 is 5.87. The molecule has 1 fully saturated rings. The fraction of sp³-hybridized carbons (Fsp3) is 0.333. The fourth-order valence-corrected chi connectivity index (χ4v) is 3.73. The predicted molar refractivity (Wildman–Crippen MR) is 98.5 cm³/mol. The van der Waals surface area contributed by atoms with Crippen LogP contribution in [0.2, 0.25) is 5.02 Å². The predicted octanol–water partition coefficient (Wildman–Crippen LogP) is 0.969. The molecule has 1 aliphatic rings. The Hall–Kier alpha value is -2.43. The number of aliphatic hydroxyl groups is 3. The van der Waals surface area contributed by atoms with Gasteiger partial charge in [-0.2, -0.15) is 0 Å². The van der Waals surface area contributed by atoms with Crippen molar-refractivity contribution in [2.24, 2.45) is 5.16 Å². The van der Waals surface area contributed by atoms with E-state index in [4.69, 9.17) is 21.5 Å². The van der Waals surface area contributed by atoms with Crippen LogP contribution in [0.3, 0.4) is 0 Å². The number of halogens is 1. The summed E-state index contributed by atoms with van der Waals surface area (Å²) in [6, 6.07) is 6.51. The number of H-pyrrole nitrogens is 1. The summed E-state index contributed by atoms with van der Waals surface area (Å²) in [5.74, 6) is 0. The number of nitrogens with zero attached hydrogens (tertiary/aromatic N) is 3. The van der Waals surface area contributed by atoms with Gasteiger partial charge in [0.15, 0.2) is 6.23 Å². The molecule has 1 aromatic carbocycles. The number of benzene rings is 1. The molecule has 0 aliphatic carbocycles. The molecule has 148 valence electrons. The van der Waals surface area contributed by atoms with Gasteiger partial charge in [0.2, 0.25) is 5.49 Å². The molecule has 3 heterocycles. The zero-order valence-electron chi connectivity index (χ0n) is 14.8. The van der Waals surface area contributed by atoms with Crippen molar-refractivity contribution in [1.29, 1.82) is 0 Å². The lowest BCUT2D eigenvalue weighted by Crippen LogP contribution is -2.34. The van der Waals surface area contributed by atoms with Crippen molar-refractivity contribution in [3.05, 3.63) is 58.4 Å². The van der Waals surface area contributed by atoms with E-state index >= 15 is 0 Å². The standard InChI is InChI=1S/C18H19ClN4O5/c1-8-6-23(17-11(8)16(22-27)20-7-21-17)18-14(26)13(25)15(28-18)12(24)9-2-4-10(19)5-3-9/h2-7,12-15,18,24-27H,1H3,(H,20,21,22)/t12?,13-,14+,15+,18+/m0/s1. The Morgan fingerprint density at radius 3 is 2.64 bits per heavy atom. The normalized spacial score (nSPS) is 26.8. The van der Waals surface area contributed by atoms with Crippen LogP contribution in [0, 0.1) is 6.92 Å². The highest BCUT2D eigenvalue weighted by atomic mass is 35.5. The minimum Gasteiger partial charge on any atom is -0.409 e. The molecule has 3 aromatic rings. The second-order valence-corrected chi connectivity index (χ2v) is 7.17. The van der Waals surface area contributed by atoms with Crippen LogP contribution in [0.25, 0.3) is 11.0 Å². The molecule has 0 amide bonds. The molecule has 10 heteroatoms.